The maximum absolute atomic E-state index is 11.2. The number of thioether (sulfide) groups is 1. The van der Waals surface area contributed by atoms with Crippen LogP contribution in [0.4, 0.5) is 0 Å². The van der Waals surface area contributed by atoms with Crippen molar-refractivity contribution in [3.63, 3.8) is 0 Å². The van der Waals surface area contributed by atoms with Crippen molar-refractivity contribution in [2.45, 2.75) is 89.1 Å². The highest BCUT2D eigenvalue weighted by molar-refractivity contribution is 7.99. The lowest BCUT2D eigenvalue weighted by atomic mass is 9.76. The maximum atomic E-state index is 11.2. The lowest BCUT2D eigenvalue weighted by molar-refractivity contribution is -0.129. The van der Waals surface area contributed by atoms with E-state index in [1.54, 1.807) is 5.48 Å². The van der Waals surface area contributed by atoms with E-state index >= 15 is 0 Å². The van der Waals surface area contributed by atoms with Gasteiger partial charge in [-0.05, 0) is 69.0 Å². The van der Waals surface area contributed by atoms with Crippen LogP contribution in [0.15, 0.2) is 12.2 Å². The summed E-state index contributed by atoms with van der Waals surface area (Å²) in [6, 6.07) is 0. The molecule has 0 saturated carbocycles. The Hall–Kier alpha value is -0.560. The fraction of sp³-hybridized carbons (Fsp3) is 0.864. The molecule has 2 rings (SSSR count). The van der Waals surface area contributed by atoms with E-state index in [1.165, 1.54) is 19.3 Å². The van der Waals surface area contributed by atoms with Crippen LogP contribution in [-0.2, 0) is 14.3 Å². The molecule has 5 unspecified atom stereocenters. The molecule has 0 radical (unpaired) electrons. The van der Waals surface area contributed by atoms with Crippen molar-refractivity contribution in [2.24, 2.45) is 11.8 Å². The van der Waals surface area contributed by atoms with Gasteiger partial charge in [0.05, 0.1) is 18.8 Å². The molecule has 5 nitrogen and oxygen atoms in total. The number of fused-ring (bicyclic) bond motifs is 2. The molecule has 28 heavy (non-hydrogen) atoms. The minimum atomic E-state index is -0.286. The van der Waals surface area contributed by atoms with Gasteiger partial charge in [-0.3, -0.25) is 10.0 Å². The molecule has 5 atom stereocenters. The van der Waals surface area contributed by atoms with E-state index in [0.29, 0.717) is 35.7 Å². The first-order valence-electron chi connectivity index (χ1n) is 11.1. The fourth-order valence-electron chi connectivity index (χ4n) is 4.55. The molecule has 0 aromatic rings. The van der Waals surface area contributed by atoms with Crippen molar-refractivity contribution in [3.05, 3.63) is 12.2 Å². The van der Waals surface area contributed by atoms with Crippen molar-refractivity contribution >= 4 is 17.7 Å². The molecular weight excluding hydrogens is 374 g/mol. The zero-order valence-electron chi connectivity index (χ0n) is 17.6. The number of allylic oxidation sites excluding steroid dienone is 1. The lowest BCUT2D eigenvalue weighted by Crippen LogP contribution is -2.29. The number of hydrogen-bond acceptors (Lipinski definition) is 5. The second-order valence-electron chi connectivity index (χ2n) is 7.95. The average molecular weight is 414 g/mol. The highest BCUT2D eigenvalue weighted by atomic mass is 32.2. The molecule has 0 aliphatic carbocycles. The van der Waals surface area contributed by atoms with Crippen LogP contribution in [0.25, 0.3) is 0 Å². The van der Waals surface area contributed by atoms with E-state index in [1.807, 2.05) is 11.8 Å². The SMILES string of the molecule is CCC=CCCOCCC1C2CCC(O2)C1CCSC(CC)CCC(=O)NO. The van der Waals surface area contributed by atoms with Crippen molar-refractivity contribution in [2.75, 3.05) is 19.0 Å². The summed E-state index contributed by atoms with van der Waals surface area (Å²) < 4.78 is 12.1. The largest absolute Gasteiger partial charge is 0.381 e. The maximum Gasteiger partial charge on any atom is 0.243 e. The summed E-state index contributed by atoms with van der Waals surface area (Å²) >= 11 is 1.97. The summed E-state index contributed by atoms with van der Waals surface area (Å²) in [5.41, 5.74) is 1.73. The monoisotopic (exact) mass is 413 g/mol. The zero-order chi connectivity index (χ0) is 20.2. The Morgan fingerprint density at radius 3 is 2.64 bits per heavy atom. The van der Waals surface area contributed by atoms with Crippen LogP contribution in [0.5, 0.6) is 0 Å². The minimum Gasteiger partial charge on any atom is -0.381 e. The standard InChI is InChI=1S/C22H39NO4S/c1-3-5-6-7-14-26-15-12-18-19(21-10-9-20(18)27-21)13-16-28-17(4-2)8-11-22(24)23-25/h5-6,17-21,25H,3-4,7-16H2,1-2H3,(H,23,24). The Kier molecular flexibility index (Phi) is 11.5. The Labute approximate surface area is 175 Å². The van der Waals surface area contributed by atoms with E-state index in [4.69, 9.17) is 14.7 Å². The number of carbonyl (C=O) groups excluding carboxylic acids is 1. The molecule has 2 bridgehead atoms. The van der Waals surface area contributed by atoms with Crippen LogP contribution >= 0.6 is 11.8 Å². The number of carbonyl (C=O) groups is 1. The number of ether oxygens (including phenoxy) is 2. The molecule has 2 aliphatic rings. The van der Waals surface area contributed by atoms with E-state index in [2.05, 4.69) is 26.0 Å². The smallest absolute Gasteiger partial charge is 0.243 e. The molecule has 2 heterocycles. The van der Waals surface area contributed by atoms with Crippen LogP contribution in [0, 0.1) is 11.8 Å². The number of hydroxylamine groups is 1. The number of hydrogen-bond donors (Lipinski definition) is 2. The van der Waals surface area contributed by atoms with E-state index in [-0.39, 0.29) is 5.91 Å². The Morgan fingerprint density at radius 1 is 1.21 bits per heavy atom. The van der Waals surface area contributed by atoms with Gasteiger partial charge >= 0.3 is 0 Å². The summed E-state index contributed by atoms with van der Waals surface area (Å²) in [7, 11) is 0. The van der Waals surface area contributed by atoms with Crippen molar-refractivity contribution in [1.29, 1.82) is 0 Å². The Morgan fingerprint density at radius 2 is 1.96 bits per heavy atom. The van der Waals surface area contributed by atoms with Gasteiger partial charge in [-0.1, -0.05) is 26.0 Å². The van der Waals surface area contributed by atoms with Crippen LogP contribution < -0.4 is 5.48 Å². The molecule has 2 fully saturated rings. The predicted octanol–water partition coefficient (Wildman–Crippen LogP) is 4.73. The van der Waals surface area contributed by atoms with Gasteiger partial charge in [0.15, 0.2) is 0 Å². The van der Waals surface area contributed by atoms with E-state index < -0.39 is 0 Å². The van der Waals surface area contributed by atoms with Crippen LogP contribution in [-0.4, -0.2) is 47.5 Å². The predicted molar refractivity (Wildman–Crippen MR) is 115 cm³/mol. The second-order valence-corrected chi connectivity index (χ2v) is 9.36. The molecular formula is C22H39NO4S. The summed E-state index contributed by atoms with van der Waals surface area (Å²) in [6.07, 6.45) is 14.4. The van der Waals surface area contributed by atoms with Gasteiger partial charge in [0.1, 0.15) is 0 Å². The first-order chi connectivity index (χ1) is 13.7. The topological polar surface area (TPSA) is 67.8 Å². The van der Waals surface area contributed by atoms with Crippen molar-refractivity contribution in [1.82, 2.24) is 5.48 Å². The van der Waals surface area contributed by atoms with Gasteiger partial charge in [0.25, 0.3) is 0 Å². The first-order valence-corrected chi connectivity index (χ1v) is 12.2. The van der Waals surface area contributed by atoms with Crippen LogP contribution in [0.3, 0.4) is 0 Å². The average Bonchev–Trinajstić information content (AvgIpc) is 3.31. The second kappa shape index (κ2) is 13.6. The quantitative estimate of drug-likeness (QED) is 0.176. The van der Waals surface area contributed by atoms with Crippen molar-refractivity contribution < 1.29 is 19.5 Å². The molecule has 6 heteroatoms. The van der Waals surface area contributed by atoms with Gasteiger partial charge < -0.3 is 9.47 Å². The van der Waals surface area contributed by atoms with Gasteiger partial charge in [-0.2, -0.15) is 11.8 Å². The number of nitrogens with one attached hydrogen (secondary N) is 1. The highest BCUT2D eigenvalue weighted by Gasteiger charge is 2.47. The molecule has 2 aliphatic heterocycles. The fourth-order valence-corrected chi connectivity index (χ4v) is 5.81. The summed E-state index contributed by atoms with van der Waals surface area (Å²) in [5.74, 6) is 2.14. The third-order valence-corrected chi connectivity index (χ3v) is 7.61. The zero-order valence-corrected chi connectivity index (χ0v) is 18.4. The summed E-state index contributed by atoms with van der Waals surface area (Å²) in [5, 5.41) is 9.12. The molecule has 0 spiro atoms. The van der Waals surface area contributed by atoms with Crippen molar-refractivity contribution in [3.8, 4) is 0 Å². The summed E-state index contributed by atoms with van der Waals surface area (Å²) in [4.78, 5) is 11.2. The summed E-state index contributed by atoms with van der Waals surface area (Å²) in [6.45, 7) is 5.98. The van der Waals surface area contributed by atoms with Gasteiger partial charge in [0, 0.05) is 18.3 Å². The first kappa shape index (κ1) is 23.7. The van der Waals surface area contributed by atoms with Gasteiger partial charge in [-0.15, -0.1) is 0 Å². The molecule has 2 saturated heterocycles. The molecule has 2 N–H and O–H groups in total. The molecule has 162 valence electrons. The number of rotatable bonds is 15. The Balaban J connectivity index is 1.67. The third-order valence-electron chi connectivity index (χ3n) is 6.10. The third kappa shape index (κ3) is 7.69. The number of amides is 1. The van der Waals surface area contributed by atoms with E-state index in [9.17, 15) is 4.79 Å². The van der Waals surface area contributed by atoms with Crippen LogP contribution in [0.2, 0.25) is 0 Å². The molecule has 1 amide bonds. The Bertz CT molecular complexity index is 473. The van der Waals surface area contributed by atoms with Gasteiger partial charge in [-0.25, -0.2) is 5.48 Å². The normalized spacial score (nSPS) is 27.5. The minimum absolute atomic E-state index is 0.286. The van der Waals surface area contributed by atoms with Crippen LogP contribution in [0.1, 0.15) is 71.6 Å². The molecule has 0 aromatic heterocycles. The van der Waals surface area contributed by atoms with E-state index in [0.717, 1.165) is 51.1 Å². The van der Waals surface area contributed by atoms with Gasteiger partial charge in [0.2, 0.25) is 5.91 Å². The lowest BCUT2D eigenvalue weighted by Gasteiger charge is -2.28. The molecule has 0 aromatic carbocycles. The highest BCUT2D eigenvalue weighted by Crippen LogP contribution is 2.47.